The summed E-state index contributed by atoms with van der Waals surface area (Å²) in [4.78, 5) is 11.7. The van der Waals surface area contributed by atoms with Gasteiger partial charge >= 0.3 is 0 Å². The van der Waals surface area contributed by atoms with E-state index in [4.69, 9.17) is 11.6 Å². The first-order valence-corrected chi connectivity index (χ1v) is 6.15. The minimum Gasteiger partial charge on any atom is -0.386 e. The number of rotatable bonds is 4. The summed E-state index contributed by atoms with van der Waals surface area (Å²) in [6, 6.07) is 8.65. The van der Waals surface area contributed by atoms with E-state index < -0.39 is 17.8 Å². The van der Waals surface area contributed by atoms with E-state index in [1.807, 2.05) is 0 Å². The average molecular weight is 296 g/mol. The average Bonchev–Trinajstić information content (AvgIpc) is 2.45. The first-order valence-electron chi connectivity index (χ1n) is 5.78. The van der Waals surface area contributed by atoms with Crippen molar-refractivity contribution in [3.8, 4) is 0 Å². The molecule has 0 bridgehead atoms. The number of aliphatic hydroxyl groups is 1. The smallest absolute Gasteiger partial charge is 0.271 e. The third-order valence-corrected chi connectivity index (χ3v) is 2.79. The molecule has 0 aliphatic heterocycles. The van der Waals surface area contributed by atoms with Gasteiger partial charge in [0.25, 0.3) is 5.91 Å². The fourth-order valence-electron chi connectivity index (χ4n) is 1.57. The lowest BCUT2D eigenvalue weighted by Crippen LogP contribution is -2.29. The topological polar surface area (TPSA) is 75.1 Å². The maximum Gasteiger partial charge on any atom is 0.271 e. The number of carbonyl (C=O) groups is 1. The first kappa shape index (κ1) is 14.4. The van der Waals surface area contributed by atoms with Crippen LogP contribution in [-0.4, -0.2) is 27.8 Å². The van der Waals surface area contributed by atoms with Gasteiger partial charge in [0.05, 0.1) is 6.10 Å². The number of aromatic nitrogens is 2. The van der Waals surface area contributed by atoms with E-state index in [0.29, 0.717) is 0 Å². The van der Waals surface area contributed by atoms with Crippen molar-refractivity contribution in [2.75, 3.05) is 6.54 Å². The molecule has 0 aliphatic rings. The normalized spacial score (nSPS) is 11.9. The van der Waals surface area contributed by atoms with Crippen LogP contribution < -0.4 is 5.32 Å². The zero-order chi connectivity index (χ0) is 14.5. The SMILES string of the molecule is O=C(NCC(O)c1ccccc1F)c1ccc(Cl)nn1. The molecule has 1 atom stereocenters. The number of aliphatic hydroxyl groups excluding tert-OH is 1. The van der Waals surface area contributed by atoms with Crippen molar-refractivity contribution in [2.45, 2.75) is 6.10 Å². The number of carbonyl (C=O) groups excluding carboxylic acids is 1. The van der Waals surface area contributed by atoms with Crippen LogP contribution in [0.1, 0.15) is 22.2 Å². The summed E-state index contributed by atoms with van der Waals surface area (Å²) >= 11 is 5.55. The summed E-state index contributed by atoms with van der Waals surface area (Å²) in [6.07, 6.45) is -1.14. The molecule has 1 amide bonds. The molecule has 0 aliphatic carbocycles. The van der Waals surface area contributed by atoms with E-state index in [-0.39, 0.29) is 23.0 Å². The summed E-state index contributed by atoms with van der Waals surface area (Å²) in [5.74, 6) is -1.05. The summed E-state index contributed by atoms with van der Waals surface area (Å²) in [5.41, 5.74) is 0.185. The monoisotopic (exact) mass is 295 g/mol. The number of hydrogen-bond donors (Lipinski definition) is 2. The lowest BCUT2D eigenvalue weighted by molar-refractivity contribution is 0.0908. The Labute approximate surface area is 119 Å². The molecule has 0 fully saturated rings. The molecule has 0 radical (unpaired) electrons. The molecular weight excluding hydrogens is 285 g/mol. The second kappa shape index (κ2) is 6.40. The van der Waals surface area contributed by atoms with Crippen molar-refractivity contribution in [3.63, 3.8) is 0 Å². The summed E-state index contributed by atoms with van der Waals surface area (Å²) in [7, 11) is 0. The van der Waals surface area contributed by atoms with Gasteiger partial charge in [-0.1, -0.05) is 29.8 Å². The minimum absolute atomic E-state index is 0.0649. The summed E-state index contributed by atoms with van der Waals surface area (Å²) in [5, 5.41) is 19.6. The third-order valence-electron chi connectivity index (χ3n) is 2.58. The molecular formula is C13H11ClFN3O2. The van der Waals surface area contributed by atoms with Crippen LogP contribution in [0.25, 0.3) is 0 Å². The van der Waals surface area contributed by atoms with Gasteiger partial charge in [-0.3, -0.25) is 4.79 Å². The van der Waals surface area contributed by atoms with E-state index in [1.165, 1.54) is 30.3 Å². The maximum absolute atomic E-state index is 13.4. The van der Waals surface area contributed by atoms with Crippen molar-refractivity contribution in [1.82, 2.24) is 15.5 Å². The van der Waals surface area contributed by atoms with Crippen LogP contribution in [0.4, 0.5) is 4.39 Å². The Kier molecular flexibility index (Phi) is 4.60. The molecule has 1 heterocycles. The van der Waals surface area contributed by atoms with Crippen LogP contribution in [0.5, 0.6) is 0 Å². The van der Waals surface area contributed by atoms with E-state index >= 15 is 0 Å². The van der Waals surface area contributed by atoms with Gasteiger partial charge in [0.1, 0.15) is 5.82 Å². The van der Waals surface area contributed by atoms with Gasteiger partial charge in [0, 0.05) is 12.1 Å². The third kappa shape index (κ3) is 3.49. The lowest BCUT2D eigenvalue weighted by Gasteiger charge is -2.12. The second-order valence-electron chi connectivity index (χ2n) is 3.99. The number of halogens is 2. The highest BCUT2D eigenvalue weighted by Gasteiger charge is 2.14. The number of amides is 1. The van der Waals surface area contributed by atoms with Crippen LogP contribution in [0.2, 0.25) is 5.15 Å². The molecule has 5 nitrogen and oxygen atoms in total. The molecule has 104 valence electrons. The molecule has 1 aromatic heterocycles. The Balaban J connectivity index is 1.97. The van der Waals surface area contributed by atoms with Gasteiger partial charge in [-0.2, -0.15) is 0 Å². The fourth-order valence-corrected chi connectivity index (χ4v) is 1.67. The Morgan fingerprint density at radius 2 is 2.05 bits per heavy atom. The predicted molar refractivity (Wildman–Crippen MR) is 70.7 cm³/mol. The quantitative estimate of drug-likeness (QED) is 0.901. The molecule has 7 heteroatoms. The molecule has 1 unspecified atom stereocenters. The molecule has 2 rings (SSSR count). The largest absolute Gasteiger partial charge is 0.386 e. The van der Waals surface area contributed by atoms with Crippen LogP contribution in [0.15, 0.2) is 36.4 Å². The molecule has 0 spiro atoms. The van der Waals surface area contributed by atoms with Crippen molar-refractivity contribution in [2.24, 2.45) is 0 Å². The van der Waals surface area contributed by atoms with E-state index in [2.05, 4.69) is 15.5 Å². The van der Waals surface area contributed by atoms with Gasteiger partial charge in [-0.15, -0.1) is 10.2 Å². The first-order chi connectivity index (χ1) is 9.58. The van der Waals surface area contributed by atoms with Crippen LogP contribution >= 0.6 is 11.6 Å². The Morgan fingerprint density at radius 1 is 1.30 bits per heavy atom. The summed E-state index contributed by atoms with van der Waals surface area (Å²) in [6.45, 7) is -0.135. The number of benzene rings is 1. The molecule has 0 saturated heterocycles. The van der Waals surface area contributed by atoms with Gasteiger partial charge in [-0.05, 0) is 18.2 Å². The van der Waals surface area contributed by atoms with E-state index in [0.717, 1.165) is 0 Å². The predicted octanol–water partition coefficient (Wildman–Crippen LogP) is 1.73. The van der Waals surface area contributed by atoms with Crippen molar-refractivity contribution >= 4 is 17.5 Å². The Morgan fingerprint density at radius 3 is 2.70 bits per heavy atom. The number of nitrogens with one attached hydrogen (secondary N) is 1. The highest BCUT2D eigenvalue weighted by molar-refractivity contribution is 6.29. The van der Waals surface area contributed by atoms with Crippen LogP contribution in [0, 0.1) is 5.82 Å². The Bertz CT molecular complexity index is 607. The van der Waals surface area contributed by atoms with Gasteiger partial charge in [0.2, 0.25) is 0 Å². The maximum atomic E-state index is 13.4. The Hall–Kier alpha value is -2.05. The number of hydrogen-bond acceptors (Lipinski definition) is 4. The van der Waals surface area contributed by atoms with Crippen LogP contribution in [-0.2, 0) is 0 Å². The highest BCUT2D eigenvalue weighted by Crippen LogP contribution is 2.15. The number of nitrogens with zero attached hydrogens (tertiary/aromatic N) is 2. The zero-order valence-electron chi connectivity index (χ0n) is 10.3. The van der Waals surface area contributed by atoms with Crippen molar-refractivity contribution in [3.05, 3.63) is 58.6 Å². The standard InChI is InChI=1S/C13H11ClFN3O2/c14-12-6-5-10(17-18-12)13(20)16-7-11(19)8-3-1-2-4-9(8)15/h1-6,11,19H,7H2,(H,16,20). The highest BCUT2D eigenvalue weighted by atomic mass is 35.5. The molecule has 2 aromatic rings. The minimum atomic E-state index is -1.14. The van der Waals surface area contributed by atoms with Gasteiger partial charge in [-0.25, -0.2) is 4.39 Å². The molecule has 0 saturated carbocycles. The van der Waals surface area contributed by atoms with Gasteiger partial charge in [0.15, 0.2) is 10.8 Å². The fraction of sp³-hybridized carbons (Fsp3) is 0.154. The molecule has 20 heavy (non-hydrogen) atoms. The van der Waals surface area contributed by atoms with Crippen molar-refractivity contribution in [1.29, 1.82) is 0 Å². The zero-order valence-corrected chi connectivity index (χ0v) is 11.0. The van der Waals surface area contributed by atoms with E-state index in [9.17, 15) is 14.3 Å². The van der Waals surface area contributed by atoms with Crippen LogP contribution in [0.3, 0.4) is 0 Å². The second-order valence-corrected chi connectivity index (χ2v) is 4.38. The summed E-state index contributed by atoms with van der Waals surface area (Å²) < 4.78 is 13.4. The molecule has 1 aromatic carbocycles. The van der Waals surface area contributed by atoms with E-state index in [1.54, 1.807) is 6.07 Å². The molecule has 2 N–H and O–H groups in total. The van der Waals surface area contributed by atoms with Crippen molar-refractivity contribution < 1.29 is 14.3 Å². The lowest BCUT2D eigenvalue weighted by atomic mass is 10.1. The van der Waals surface area contributed by atoms with Gasteiger partial charge < -0.3 is 10.4 Å².